The molecule has 8 heteroatoms. The number of carbonyl (C=O) groups is 2. The molecule has 1 atom stereocenters. The Balaban J connectivity index is 2.19. The fourth-order valence-electron chi connectivity index (χ4n) is 2.60. The summed E-state index contributed by atoms with van der Waals surface area (Å²) in [6.07, 6.45) is 0. The van der Waals surface area contributed by atoms with E-state index in [9.17, 15) is 18.4 Å². The minimum atomic E-state index is -1.21. The van der Waals surface area contributed by atoms with E-state index in [0.29, 0.717) is 26.3 Å². The zero-order valence-electron chi connectivity index (χ0n) is 13.6. The quantitative estimate of drug-likeness (QED) is 0.747. The van der Waals surface area contributed by atoms with E-state index in [1.165, 1.54) is 11.9 Å². The van der Waals surface area contributed by atoms with Crippen molar-refractivity contribution in [2.24, 2.45) is 0 Å². The van der Waals surface area contributed by atoms with Gasteiger partial charge < -0.3 is 14.4 Å². The van der Waals surface area contributed by atoms with E-state index in [4.69, 9.17) is 9.47 Å². The van der Waals surface area contributed by atoms with Crippen LogP contribution in [0.25, 0.3) is 0 Å². The number of hydrogen-bond acceptors (Lipinski definition) is 5. The summed E-state index contributed by atoms with van der Waals surface area (Å²) in [4.78, 5) is 27.3. The van der Waals surface area contributed by atoms with Crippen molar-refractivity contribution < 1.29 is 27.8 Å². The van der Waals surface area contributed by atoms with Crippen molar-refractivity contribution in [1.29, 1.82) is 0 Å². The summed E-state index contributed by atoms with van der Waals surface area (Å²) in [6.45, 7) is 1.70. The van der Waals surface area contributed by atoms with Crippen LogP contribution in [0, 0.1) is 11.6 Å². The monoisotopic (exact) mass is 342 g/mol. The van der Waals surface area contributed by atoms with Crippen LogP contribution < -0.4 is 0 Å². The number of carbonyl (C=O) groups excluding carboxylic acids is 2. The van der Waals surface area contributed by atoms with Gasteiger partial charge in [-0.1, -0.05) is 0 Å². The first-order valence-electron chi connectivity index (χ1n) is 7.52. The second-order valence-corrected chi connectivity index (χ2v) is 5.50. The zero-order valence-corrected chi connectivity index (χ0v) is 13.6. The van der Waals surface area contributed by atoms with Gasteiger partial charge >= 0.3 is 5.97 Å². The van der Waals surface area contributed by atoms with E-state index in [0.717, 1.165) is 25.3 Å². The molecule has 1 amide bonds. The van der Waals surface area contributed by atoms with Crippen molar-refractivity contribution in [3.8, 4) is 0 Å². The highest BCUT2D eigenvalue weighted by atomic mass is 19.1. The minimum Gasteiger partial charge on any atom is -0.468 e. The number of amides is 1. The van der Waals surface area contributed by atoms with Gasteiger partial charge in [-0.15, -0.1) is 0 Å². The summed E-state index contributed by atoms with van der Waals surface area (Å²) in [5.41, 5.74) is -0.167. The number of nitrogens with zero attached hydrogens (tertiary/aromatic N) is 2. The molecular formula is C16H20F2N2O4. The van der Waals surface area contributed by atoms with Crippen LogP contribution in [-0.4, -0.2) is 68.7 Å². The van der Waals surface area contributed by atoms with Gasteiger partial charge in [0.15, 0.2) is 0 Å². The number of methoxy groups -OCH3 is 1. The topological polar surface area (TPSA) is 59.1 Å². The van der Waals surface area contributed by atoms with Crippen LogP contribution in [0.4, 0.5) is 8.78 Å². The second kappa shape index (κ2) is 8.16. The Labute approximate surface area is 138 Å². The Morgan fingerprint density at radius 1 is 1.33 bits per heavy atom. The maximum Gasteiger partial charge on any atom is 0.327 e. The van der Waals surface area contributed by atoms with Gasteiger partial charge in [0.2, 0.25) is 5.91 Å². The number of morpholine rings is 1. The van der Waals surface area contributed by atoms with Crippen molar-refractivity contribution in [3.63, 3.8) is 0 Å². The van der Waals surface area contributed by atoms with Crippen LogP contribution in [-0.2, 0) is 19.1 Å². The number of esters is 1. The molecule has 0 radical (unpaired) electrons. The van der Waals surface area contributed by atoms with E-state index >= 15 is 0 Å². The normalized spacial score (nSPS) is 16.1. The lowest BCUT2D eigenvalue weighted by atomic mass is 10.0. The molecule has 1 saturated heterocycles. The Bertz CT molecular complexity index is 606. The van der Waals surface area contributed by atoms with Gasteiger partial charge in [0, 0.05) is 18.7 Å². The average molecular weight is 342 g/mol. The van der Waals surface area contributed by atoms with E-state index in [1.807, 2.05) is 0 Å². The number of benzene rings is 1. The molecule has 0 spiro atoms. The van der Waals surface area contributed by atoms with Gasteiger partial charge in [0.05, 0.1) is 26.9 Å². The van der Waals surface area contributed by atoms with Crippen molar-refractivity contribution in [2.75, 3.05) is 47.0 Å². The lowest BCUT2D eigenvalue weighted by Gasteiger charge is -2.31. The van der Waals surface area contributed by atoms with Gasteiger partial charge in [-0.25, -0.2) is 13.6 Å². The van der Waals surface area contributed by atoms with Gasteiger partial charge in [0.1, 0.15) is 17.7 Å². The van der Waals surface area contributed by atoms with Crippen molar-refractivity contribution >= 4 is 11.9 Å². The first-order chi connectivity index (χ1) is 11.4. The molecule has 24 heavy (non-hydrogen) atoms. The van der Waals surface area contributed by atoms with E-state index in [-0.39, 0.29) is 18.0 Å². The molecule has 1 unspecified atom stereocenters. The van der Waals surface area contributed by atoms with Crippen LogP contribution in [0.15, 0.2) is 18.2 Å². The molecule has 0 N–H and O–H groups in total. The SMILES string of the molecule is COC(=O)C(c1cc(F)ccc1F)N(C)CC(=O)N1CCOCC1. The largest absolute Gasteiger partial charge is 0.468 e. The third-order valence-corrected chi connectivity index (χ3v) is 3.87. The van der Waals surface area contributed by atoms with E-state index < -0.39 is 23.6 Å². The number of hydrogen-bond donors (Lipinski definition) is 0. The number of ether oxygens (including phenoxy) is 2. The maximum absolute atomic E-state index is 14.1. The third-order valence-electron chi connectivity index (χ3n) is 3.87. The number of halogens is 2. The molecule has 0 bridgehead atoms. The van der Waals surface area contributed by atoms with Gasteiger partial charge in [-0.05, 0) is 25.2 Å². The smallest absolute Gasteiger partial charge is 0.327 e. The average Bonchev–Trinajstić information content (AvgIpc) is 2.58. The summed E-state index contributed by atoms with van der Waals surface area (Å²) in [7, 11) is 2.65. The van der Waals surface area contributed by atoms with Crippen molar-refractivity contribution in [2.45, 2.75) is 6.04 Å². The van der Waals surface area contributed by atoms with E-state index in [1.54, 1.807) is 4.90 Å². The fourth-order valence-corrected chi connectivity index (χ4v) is 2.60. The van der Waals surface area contributed by atoms with Crippen LogP contribution in [0.1, 0.15) is 11.6 Å². The number of rotatable bonds is 5. The van der Waals surface area contributed by atoms with Crippen LogP contribution in [0.5, 0.6) is 0 Å². The lowest BCUT2D eigenvalue weighted by molar-refractivity contribution is -0.148. The molecule has 0 aromatic heterocycles. The summed E-state index contributed by atoms with van der Waals surface area (Å²) in [5.74, 6) is -2.39. The molecule has 1 heterocycles. The van der Waals surface area contributed by atoms with E-state index in [2.05, 4.69) is 0 Å². The molecular weight excluding hydrogens is 322 g/mol. The molecule has 1 aromatic rings. The Morgan fingerprint density at radius 3 is 2.62 bits per heavy atom. The second-order valence-electron chi connectivity index (χ2n) is 5.50. The molecule has 1 aromatic carbocycles. The molecule has 0 saturated carbocycles. The highest BCUT2D eigenvalue weighted by molar-refractivity contribution is 5.81. The number of likely N-dealkylation sites (N-methyl/N-ethyl adjacent to an activating group) is 1. The third kappa shape index (κ3) is 4.27. The molecule has 2 rings (SSSR count). The van der Waals surface area contributed by atoms with Crippen LogP contribution >= 0.6 is 0 Å². The first-order valence-corrected chi connectivity index (χ1v) is 7.52. The summed E-state index contributed by atoms with van der Waals surface area (Å²) in [6, 6.07) is 1.63. The maximum atomic E-state index is 14.1. The lowest BCUT2D eigenvalue weighted by Crippen LogP contribution is -2.46. The molecule has 6 nitrogen and oxygen atoms in total. The van der Waals surface area contributed by atoms with Crippen molar-refractivity contribution in [1.82, 2.24) is 9.80 Å². The highest BCUT2D eigenvalue weighted by Gasteiger charge is 2.31. The van der Waals surface area contributed by atoms with Gasteiger partial charge in [-0.3, -0.25) is 9.69 Å². The Morgan fingerprint density at radius 2 is 2.00 bits per heavy atom. The molecule has 1 aliphatic rings. The zero-order chi connectivity index (χ0) is 17.7. The Kier molecular flexibility index (Phi) is 6.22. The summed E-state index contributed by atoms with van der Waals surface area (Å²) < 4.78 is 37.4. The molecule has 1 fully saturated rings. The predicted molar refractivity (Wildman–Crippen MR) is 81.1 cm³/mol. The first kappa shape index (κ1) is 18.3. The van der Waals surface area contributed by atoms with Crippen LogP contribution in [0.2, 0.25) is 0 Å². The Hall–Kier alpha value is -2.06. The molecule has 132 valence electrons. The standard InChI is InChI=1S/C16H20F2N2O4/c1-19(10-14(21)20-5-7-24-8-6-20)15(16(22)23-2)12-9-11(17)3-4-13(12)18/h3-4,9,15H,5-8,10H2,1-2H3. The molecule has 1 aliphatic heterocycles. The summed E-state index contributed by atoms with van der Waals surface area (Å²) >= 11 is 0. The highest BCUT2D eigenvalue weighted by Crippen LogP contribution is 2.24. The van der Waals surface area contributed by atoms with Gasteiger partial charge in [0.25, 0.3) is 0 Å². The minimum absolute atomic E-state index is 0.129. The van der Waals surface area contributed by atoms with Crippen LogP contribution in [0.3, 0.4) is 0 Å². The molecule has 0 aliphatic carbocycles. The summed E-state index contributed by atoms with van der Waals surface area (Å²) in [5, 5.41) is 0. The van der Waals surface area contributed by atoms with Gasteiger partial charge in [-0.2, -0.15) is 0 Å². The van der Waals surface area contributed by atoms with Crippen molar-refractivity contribution in [3.05, 3.63) is 35.4 Å². The predicted octanol–water partition coefficient (Wildman–Crippen LogP) is 0.970. The fraction of sp³-hybridized carbons (Fsp3) is 0.500.